The van der Waals surface area contributed by atoms with Crippen molar-refractivity contribution in [3.63, 3.8) is 0 Å². The monoisotopic (exact) mass is 378 g/mol. The van der Waals surface area contributed by atoms with Crippen LogP contribution in [-0.4, -0.2) is 36.9 Å². The Morgan fingerprint density at radius 1 is 1.19 bits per heavy atom. The first-order valence-corrected chi connectivity index (χ1v) is 9.03. The molecule has 4 heterocycles. The van der Waals surface area contributed by atoms with Gasteiger partial charge in [-0.15, -0.1) is 10.2 Å². The third kappa shape index (κ3) is 2.77. The minimum absolute atomic E-state index is 0.253. The second-order valence-electron chi connectivity index (χ2n) is 5.80. The molecule has 0 saturated heterocycles. The van der Waals surface area contributed by atoms with Crippen molar-refractivity contribution in [2.75, 3.05) is 7.11 Å². The molecular weight excluding hydrogens is 364 g/mol. The lowest BCUT2D eigenvalue weighted by Gasteiger charge is -2.08. The minimum atomic E-state index is 0.253. The largest absolute Gasteiger partial charge is 0.497 e. The molecule has 0 fully saturated rings. The molecule has 4 aromatic heterocycles. The highest BCUT2D eigenvalue weighted by molar-refractivity contribution is 7.19. The number of benzene rings is 1. The molecule has 0 aliphatic rings. The number of hydrogen-bond donors (Lipinski definition) is 1. The molecule has 0 unspecified atom stereocenters. The third-order valence-electron chi connectivity index (χ3n) is 4.17. The van der Waals surface area contributed by atoms with Crippen LogP contribution in [0.4, 0.5) is 0 Å². The fourth-order valence-electron chi connectivity index (χ4n) is 2.82. The van der Waals surface area contributed by atoms with Crippen molar-refractivity contribution in [2.24, 2.45) is 0 Å². The van der Waals surface area contributed by atoms with Gasteiger partial charge in [0.2, 0.25) is 4.96 Å². The van der Waals surface area contributed by atoms with Gasteiger partial charge in [-0.25, -0.2) is 0 Å². The average molecular weight is 378 g/mol. The lowest BCUT2D eigenvalue weighted by atomic mass is 10.2. The molecule has 0 aliphatic carbocycles. The summed E-state index contributed by atoms with van der Waals surface area (Å²) >= 11 is 1.48. The second-order valence-corrected chi connectivity index (χ2v) is 6.75. The van der Waals surface area contributed by atoms with Gasteiger partial charge in [0, 0.05) is 35.6 Å². The van der Waals surface area contributed by atoms with Crippen LogP contribution < -0.4 is 9.47 Å². The van der Waals surface area contributed by atoms with Crippen LogP contribution in [0.15, 0.2) is 48.9 Å². The molecule has 0 spiro atoms. The van der Waals surface area contributed by atoms with E-state index >= 15 is 0 Å². The van der Waals surface area contributed by atoms with Gasteiger partial charge in [0.25, 0.3) is 0 Å². The molecule has 1 aromatic carbocycles. The van der Waals surface area contributed by atoms with Gasteiger partial charge in [-0.2, -0.15) is 9.61 Å². The standard InChI is InChI=1S/C18H14N6O2S/c1-25-12-2-3-13-14(8-12)20-7-5-15(13)26-10-16-21-22-18-24(16)23-17(27-18)11-4-6-19-9-11/h2-9,19H,10H2,1H3. The zero-order chi connectivity index (χ0) is 18.2. The molecule has 8 nitrogen and oxygen atoms in total. The summed E-state index contributed by atoms with van der Waals surface area (Å²) in [4.78, 5) is 8.13. The molecule has 134 valence electrons. The maximum atomic E-state index is 6.00. The van der Waals surface area contributed by atoms with Gasteiger partial charge in [-0.3, -0.25) is 4.98 Å². The Labute approximate surface area is 157 Å². The van der Waals surface area contributed by atoms with E-state index in [0.717, 1.165) is 37.9 Å². The summed E-state index contributed by atoms with van der Waals surface area (Å²) in [5, 5.41) is 14.8. The lowest BCUT2D eigenvalue weighted by Crippen LogP contribution is -2.03. The minimum Gasteiger partial charge on any atom is -0.497 e. The van der Waals surface area contributed by atoms with Crippen molar-refractivity contribution in [1.82, 2.24) is 29.8 Å². The Hall–Kier alpha value is -3.46. The number of aromatic amines is 1. The van der Waals surface area contributed by atoms with Crippen LogP contribution in [0, 0.1) is 0 Å². The fraction of sp³-hybridized carbons (Fsp3) is 0.111. The van der Waals surface area contributed by atoms with E-state index in [2.05, 4.69) is 25.3 Å². The Balaban J connectivity index is 1.44. The summed E-state index contributed by atoms with van der Waals surface area (Å²) in [5.41, 5.74) is 1.83. The highest BCUT2D eigenvalue weighted by Crippen LogP contribution is 2.28. The number of nitrogens with one attached hydrogen (secondary N) is 1. The van der Waals surface area contributed by atoms with Crippen molar-refractivity contribution in [1.29, 1.82) is 0 Å². The summed E-state index contributed by atoms with van der Waals surface area (Å²) in [6.07, 6.45) is 5.48. The highest BCUT2D eigenvalue weighted by atomic mass is 32.1. The molecule has 0 bridgehead atoms. The van der Waals surface area contributed by atoms with Gasteiger partial charge in [0.05, 0.1) is 12.6 Å². The zero-order valence-electron chi connectivity index (χ0n) is 14.3. The van der Waals surface area contributed by atoms with E-state index < -0.39 is 0 Å². The van der Waals surface area contributed by atoms with Crippen molar-refractivity contribution in [3.8, 4) is 22.1 Å². The second kappa shape index (κ2) is 6.36. The molecule has 0 atom stereocenters. The molecule has 9 heteroatoms. The van der Waals surface area contributed by atoms with E-state index in [9.17, 15) is 0 Å². The number of methoxy groups -OCH3 is 1. The number of aromatic nitrogens is 6. The first kappa shape index (κ1) is 15.8. The van der Waals surface area contributed by atoms with Gasteiger partial charge in [-0.1, -0.05) is 11.3 Å². The van der Waals surface area contributed by atoms with E-state index in [0.29, 0.717) is 5.82 Å². The predicted molar refractivity (Wildman–Crippen MR) is 101 cm³/mol. The number of rotatable bonds is 5. The van der Waals surface area contributed by atoms with Crippen LogP contribution in [0.2, 0.25) is 0 Å². The average Bonchev–Trinajstić information content (AvgIpc) is 3.43. The first-order valence-electron chi connectivity index (χ1n) is 8.21. The molecule has 1 N–H and O–H groups in total. The van der Waals surface area contributed by atoms with Crippen LogP contribution in [0.3, 0.4) is 0 Å². The number of nitrogens with zero attached hydrogens (tertiary/aromatic N) is 5. The van der Waals surface area contributed by atoms with Gasteiger partial charge < -0.3 is 14.5 Å². The van der Waals surface area contributed by atoms with Crippen LogP contribution in [0.5, 0.6) is 11.5 Å². The molecular formula is C18H14N6O2S. The van der Waals surface area contributed by atoms with Crippen molar-refractivity contribution < 1.29 is 9.47 Å². The summed E-state index contributed by atoms with van der Waals surface area (Å²) in [5.74, 6) is 2.12. The van der Waals surface area contributed by atoms with Crippen LogP contribution in [0.1, 0.15) is 5.82 Å². The van der Waals surface area contributed by atoms with Crippen molar-refractivity contribution in [2.45, 2.75) is 6.61 Å². The van der Waals surface area contributed by atoms with Crippen LogP contribution >= 0.6 is 11.3 Å². The van der Waals surface area contributed by atoms with E-state index in [-0.39, 0.29) is 6.61 Å². The first-order chi connectivity index (χ1) is 13.3. The number of H-pyrrole nitrogens is 1. The van der Waals surface area contributed by atoms with E-state index in [1.54, 1.807) is 17.8 Å². The number of fused-ring (bicyclic) bond motifs is 2. The van der Waals surface area contributed by atoms with Gasteiger partial charge in [0.1, 0.15) is 23.1 Å². The topological polar surface area (TPSA) is 90.2 Å². The van der Waals surface area contributed by atoms with Gasteiger partial charge >= 0.3 is 0 Å². The Kier molecular flexibility index (Phi) is 3.72. The van der Waals surface area contributed by atoms with Crippen molar-refractivity contribution >= 4 is 27.2 Å². The number of pyridine rings is 1. The van der Waals surface area contributed by atoms with Gasteiger partial charge in [0.15, 0.2) is 5.82 Å². The molecule has 0 amide bonds. The normalized spacial score (nSPS) is 11.3. The highest BCUT2D eigenvalue weighted by Gasteiger charge is 2.14. The number of hydrogen-bond acceptors (Lipinski definition) is 7. The maximum Gasteiger partial charge on any atom is 0.235 e. The number of ether oxygens (including phenoxy) is 2. The van der Waals surface area contributed by atoms with E-state index in [1.165, 1.54) is 11.3 Å². The molecule has 27 heavy (non-hydrogen) atoms. The van der Waals surface area contributed by atoms with Crippen molar-refractivity contribution in [3.05, 3.63) is 54.7 Å². The molecule has 0 aliphatic heterocycles. The summed E-state index contributed by atoms with van der Waals surface area (Å²) in [6, 6.07) is 9.50. The zero-order valence-corrected chi connectivity index (χ0v) is 15.1. The smallest absolute Gasteiger partial charge is 0.235 e. The summed E-state index contributed by atoms with van der Waals surface area (Å²) in [6.45, 7) is 0.253. The maximum absolute atomic E-state index is 6.00. The quantitative estimate of drug-likeness (QED) is 0.505. The lowest BCUT2D eigenvalue weighted by molar-refractivity contribution is 0.296. The summed E-state index contributed by atoms with van der Waals surface area (Å²) < 4.78 is 13.0. The Morgan fingerprint density at radius 2 is 2.15 bits per heavy atom. The van der Waals surface area contributed by atoms with E-state index in [1.807, 2.05) is 42.7 Å². The fourth-order valence-corrected chi connectivity index (χ4v) is 3.67. The Morgan fingerprint density at radius 3 is 3.00 bits per heavy atom. The van der Waals surface area contributed by atoms with Crippen LogP contribution in [-0.2, 0) is 6.61 Å². The van der Waals surface area contributed by atoms with E-state index in [4.69, 9.17) is 9.47 Å². The summed E-state index contributed by atoms with van der Waals surface area (Å²) in [7, 11) is 1.63. The Bertz CT molecular complexity index is 1230. The van der Waals surface area contributed by atoms with Crippen LogP contribution in [0.25, 0.3) is 26.4 Å². The predicted octanol–water partition coefficient (Wildman–Crippen LogP) is 3.32. The van der Waals surface area contributed by atoms with Gasteiger partial charge in [-0.05, 0) is 24.3 Å². The molecule has 5 rings (SSSR count). The SMILES string of the molecule is COc1ccc2c(OCc3nnc4sc(-c5cc[nH]c5)nn34)ccnc2c1. The third-order valence-corrected chi connectivity index (χ3v) is 5.11. The molecule has 0 saturated carbocycles. The molecule has 5 aromatic rings. The molecule has 0 radical (unpaired) electrons.